The largest absolute Gasteiger partial charge is 0.434 e. The SMILES string of the molecule is CN1C(=O)c2cccc(OC(F)F)c2C2CC1c1nn3ccc(-c4cnc(C5(N)CC(F)(F)C5)nc4)cc3c12. The Kier molecular flexibility index (Phi) is 4.91. The first kappa shape index (κ1) is 24.0. The van der Waals surface area contributed by atoms with E-state index in [1.807, 2.05) is 12.1 Å². The maximum absolute atomic E-state index is 13.4. The predicted molar refractivity (Wildman–Crippen MR) is 131 cm³/mol. The molecule has 7 rings (SSSR count). The smallest absolute Gasteiger partial charge is 0.387 e. The lowest BCUT2D eigenvalue weighted by molar-refractivity contribution is -0.127. The van der Waals surface area contributed by atoms with Gasteiger partial charge in [0, 0.05) is 66.7 Å². The van der Waals surface area contributed by atoms with Gasteiger partial charge in [-0.1, -0.05) is 6.07 Å². The van der Waals surface area contributed by atoms with E-state index in [0.29, 0.717) is 28.8 Å². The molecule has 2 N–H and O–H groups in total. The summed E-state index contributed by atoms with van der Waals surface area (Å²) in [6.07, 6.45) is 4.37. The molecule has 0 radical (unpaired) electrons. The summed E-state index contributed by atoms with van der Waals surface area (Å²) >= 11 is 0. The van der Waals surface area contributed by atoms with Gasteiger partial charge in [-0.05, 0) is 36.2 Å². The van der Waals surface area contributed by atoms with E-state index in [-0.39, 0.29) is 23.5 Å². The normalized spacial score (nSPS) is 22.4. The number of carbonyl (C=O) groups excluding carboxylic acids is 1. The Balaban J connectivity index is 1.33. The molecule has 2 unspecified atom stereocenters. The average molecular weight is 539 g/mol. The number of carbonyl (C=O) groups is 1. The summed E-state index contributed by atoms with van der Waals surface area (Å²) in [7, 11) is 1.69. The third-order valence-electron chi connectivity index (χ3n) is 8.05. The Hall–Kier alpha value is -4.06. The maximum atomic E-state index is 13.4. The second-order valence-electron chi connectivity index (χ2n) is 10.5. The molecule has 1 aliphatic heterocycles. The van der Waals surface area contributed by atoms with Crippen LogP contribution in [0, 0.1) is 0 Å². The molecule has 2 aliphatic carbocycles. The van der Waals surface area contributed by atoms with Gasteiger partial charge >= 0.3 is 6.61 Å². The van der Waals surface area contributed by atoms with Crippen LogP contribution in [0.1, 0.15) is 64.2 Å². The summed E-state index contributed by atoms with van der Waals surface area (Å²) in [6, 6.07) is 8.00. The van der Waals surface area contributed by atoms with Crippen molar-refractivity contribution < 1.29 is 27.1 Å². The number of fused-ring (bicyclic) bond motifs is 9. The van der Waals surface area contributed by atoms with Crippen LogP contribution in [0.5, 0.6) is 5.75 Å². The monoisotopic (exact) mass is 538 g/mol. The van der Waals surface area contributed by atoms with Crippen LogP contribution in [0.4, 0.5) is 17.6 Å². The van der Waals surface area contributed by atoms with E-state index in [2.05, 4.69) is 9.97 Å². The third-order valence-corrected chi connectivity index (χ3v) is 8.05. The molecular weight excluding hydrogens is 516 g/mol. The molecular formula is C27H22F4N6O2. The van der Waals surface area contributed by atoms with Crippen molar-refractivity contribution in [3.8, 4) is 16.9 Å². The van der Waals surface area contributed by atoms with Crippen molar-refractivity contribution in [1.29, 1.82) is 0 Å². The molecule has 3 aromatic heterocycles. The Labute approximate surface area is 219 Å². The number of alkyl halides is 4. The molecule has 1 amide bonds. The van der Waals surface area contributed by atoms with Crippen LogP contribution in [-0.4, -0.2) is 50.0 Å². The number of halogens is 4. The molecule has 1 fully saturated rings. The first-order chi connectivity index (χ1) is 18.5. The second-order valence-corrected chi connectivity index (χ2v) is 10.5. The number of hydrogen-bond acceptors (Lipinski definition) is 6. The molecule has 8 nitrogen and oxygen atoms in total. The van der Waals surface area contributed by atoms with Crippen molar-refractivity contribution in [2.24, 2.45) is 5.73 Å². The number of aromatic nitrogens is 4. The molecule has 2 bridgehead atoms. The van der Waals surface area contributed by atoms with Gasteiger partial charge in [0.2, 0.25) is 0 Å². The van der Waals surface area contributed by atoms with Crippen LogP contribution in [0.2, 0.25) is 0 Å². The topological polar surface area (TPSA) is 98.6 Å². The van der Waals surface area contributed by atoms with Crippen LogP contribution >= 0.6 is 0 Å². The van der Waals surface area contributed by atoms with Crippen LogP contribution in [0.15, 0.2) is 48.9 Å². The summed E-state index contributed by atoms with van der Waals surface area (Å²) in [6.45, 7) is -3.04. The van der Waals surface area contributed by atoms with E-state index in [0.717, 1.165) is 16.6 Å². The predicted octanol–water partition coefficient (Wildman–Crippen LogP) is 4.64. The molecule has 1 aromatic carbocycles. The minimum Gasteiger partial charge on any atom is -0.434 e. The number of amides is 1. The Morgan fingerprint density at radius 2 is 1.85 bits per heavy atom. The molecule has 1 saturated carbocycles. The van der Waals surface area contributed by atoms with Gasteiger partial charge in [-0.15, -0.1) is 0 Å². The van der Waals surface area contributed by atoms with Gasteiger partial charge in [-0.3, -0.25) is 4.79 Å². The number of nitrogens with zero attached hydrogens (tertiary/aromatic N) is 5. The van der Waals surface area contributed by atoms with Gasteiger partial charge < -0.3 is 15.4 Å². The number of rotatable bonds is 4. The van der Waals surface area contributed by atoms with Gasteiger partial charge in [0.05, 0.1) is 22.8 Å². The lowest BCUT2D eigenvalue weighted by Gasteiger charge is -2.42. The van der Waals surface area contributed by atoms with E-state index < -0.39 is 36.8 Å². The summed E-state index contributed by atoms with van der Waals surface area (Å²) in [5.41, 5.74) is 9.26. The van der Waals surface area contributed by atoms with Gasteiger partial charge in [-0.2, -0.15) is 13.9 Å². The lowest BCUT2D eigenvalue weighted by Crippen LogP contribution is -2.56. The van der Waals surface area contributed by atoms with Crippen molar-refractivity contribution in [3.05, 3.63) is 77.1 Å². The van der Waals surface area contributed by atoms with Gasteiger partial charge in [0.15, 0.2) is 0 Å². The van der Waals surface area contributed by atoms with E-state index in [1.54, 1.807) is 41.1 Å². The van der Waals surface area contributed by atoms with Crippen molar-refractivity contribution in [3.63, 3.8) is 0 Å². The highest BCUT2D eigenvalue weighted by atomic mass is 19.3. The van der Waals surface area contributed by atoms with Crippen molar-refractivity contribution >= 4 is 11.4 Å². The fraction of sp³-hybridized carbons (Fsp3) is 0.333. The van der Waals surface area contributed by atoms with E-state index >= 15 is 0 Å². The van der Waals surface area contributed by atoms with Crippen LogP contribution in [-0.2, 0) is 5.54 Å². The highest BCUT2D eigenvalue weighted by Gasteiger charge is 2.57. The summed E-state index contributed by atoms with van der Waals surface area (Å²) in [5.74, 6) is -3.34. The first-order valence-corrected chi connectivity index (χ1v) is 12.4. The van der Waals surface area contributed by atoms with Gasteiger partial charge in [0.1, 0.15) is 11.6 Å². The van der Waals surface area contributed by atoms with Gasteiger partial charge in [0.25, 0.3) is 11.8 Å². The lowest BCUT2D eigenvalue weighted by atomic mass is 9.73. The van der Waals surface area contributed by atoms with Gasteiger partial charge in [-0.25, -0.2) is 23.3 Å². The van der Waals surface area contributed by atoms with Crippen LogP contribution < -0.4 is 10.5 Å². The third kappa shape index (κ3) is 3.54. The number of pyridine rings is 1. The minimum absolute atomic E-state index is 0.0282. The highest BCUT2D eigenvalue weighted by Crippen LogP contribution is 2.54. The molecule has 2 atom stereocenters. The standard InChI is InChI=1S/C27H22F4N6O2/c1-36-18-8-16(20-15(23(36)38)3-2-4-19(20)39-25(28)29)21-17-7-13(5-6-37(17)35-22(18)21)14-9-33-24(34-10-14)26(32)11-27(30,31)12-26/h2-7,9-10,16,18,25H,8,11-12,32H2,1H3. The zero-order chi connectivity index (χ0) is 27.3. The molecule has 0 spiro atoms. The highest BCUT2D eigenvalue weighted by molar-refractivity contribution is 5.98. The Bertz CT molecular complexity index is 1650. The number of benzene rings is 1. The van der Waals surface area contributed by atoms with Crippen molar-refractivity contribution in [2.45, 2.75) is 49.3 Å². The summed E-state index contributed by atoms with van der Waals surface area (Å²) in [5, 5.41) is 4.75. The number of ether oxygens (including phenoxy) is 1. The van der Waals surface area contributed by atoms with E-state index in [9.17, 15) is 22.4 Å². The molecule has 4 aromatic rings. The minimum atomic E-state index is -3.04. The fourth-order valence-electron chi connectivity index (χ4n) is 6.31. The van der Waals surface area contributed by atoms with Crippen LogP contribution in [0.25, 0.3) is 16.6 Å². The van der Waals surface area contributed by atoms with Crippen LogP contribution in [0.3, 0.4) is 0 Å². The molecule has 200 valence electrons. The number of nitrogens with two attached hydrogens (primary N) is 1. The molecule has 3 aliphatic rings. The average Bonchev–Trinajstić information content (AvgIpc) is 3.40. The molecule has 0 saturated heterocycles. The van der Waals surface area contributed by atoms with Crippen molar-refractivity contribution in [2.75, 3.05) is 7.05 Å². The molecule has 39 heavy (non-hydrogen) atoms. The first-order valence-electron chi connectivity index (χ1n) is 12.4. The Morgan fingerprint density at radius 1 is 1.10 bits per heavy atom. The fourth-order valence-corrected chi connectivity index (χ4v) is 6.31. The summed E-state index contributed by atoms with van der Waals surface area (Å²) in [4.78, 5) is 23.4. The Morgan fingerprint density at radius 3 is 2.54 bits per heavy atom. The zero-order valence-electron chi connectivity index (χ0n) is 20.6. The molecule has 12 heteroatoms. The second kappa shape index (κ2) is 7.98. The van der Waals surface area contributed by atoms with E-state index in [1.165, 1.54) is 12.1 Å². The van der Waals surface area contributed by atoms with E-state index in [4.69, 9.17) is 15.6 Å². The number of hydrogen-bond donors (Lipinski definition) is 1. The maximum Gasteiger partial charge on any atom is 0.387 e. The quantitative estimate of drug-likeness (QED) is 0.380. The zero-order valence-corrected chi connectivity index (χ0v) is 20.6. The summed E-state index contributed by atoms with van der Waals surface area (Å²) < 4.78 is 60.0. The molecule has 4 heterocycles. The van der Waals surface area contributed by atoms with Crippen molar-refractivity contribution in [1.82, 2.24) is 24.5 Å².